The van der Waals surface area contributed by atoms with Gasteiger partial charge >= 0.3 is 0 Å². The lowest BCUT2D eigenvalue weighted by Crippen LogP contribution is -2.29. The van der Waals surface area contributed by atoms with E-state index in [0.717, 1.165) is 66.8 Å². The van der Waals surface area contributed by atoms with Crippen LogP contribution in [0.25, 0.3) is 11.6 Å². The number of aromatic nitrogens is 4. The van der Waals surface area contributed by atoms with Gasteiger partial charge in [0.05, 0.1) is 11.4 Å². The number of hydrogen-bond donors (Lipinski definition) is 0. The fourth-order valence-corrected chi connectivity index (χ4v) is 4.64. The number of oxazole rings is 1. The van der Waals surface area contributed by atoms with E-state index in [1.54, 1.807) is 11.8 Å². The van der Waals surface area contributed by atoms with Gasteiger partial charge in [-0.25, -0.2) is 4.98 Å². The Kier molecular flexibility index (Phi) is 10.2. The van der Waals surface area contributed by atoms with Crippen LogP contribution in [0.1, 0.15) is 50.4 Å². The van der Waals surface area contributed by atoms with Gasteiger partial charge < -0.3 is 18.7 Å². The van der Waals surface area contributed by atoms with Crippen molar-refractivity contribution in [3.63, 3.8) is 0 Å². The maximum atomic E-state index is 5.48. The number of oxime groups is 1. The van der Waals surface area contributed by atoms with Gasteiger partial charge in [-0.2, -0.15) is 0 Å². The summed E-state index contributed by atoms with van der Waals surface area (Å²) in [5, 5.41) is 13.8. The van der Waals surface area contributed by atoms with Gasteiger partial charge in [-0.15, -0.1) is 10.2 Å². The van der Waals surface area contributed by atoms with Crippen molar-refractivity contribution in [3.05, 3.63) is 47.5 Å². The van der Waals surface area contributed by atoms with Crippen molar-refractivity contribution in [2.75, 3.05) is 32.0 Å². The first-order valence-corrected chi connectivity index (χ1v) is 13.0. The summed E-state index contributed by atoms with van der Waals surface area (Å²) in [5.74, 6) is 2.33. The summed E-state index contributed by atoms with van der Waals surface area (Å²) in [5.41, 5.74) is 4.28. The largest absolute Gasteiger partial charge is 0.440 e. The average Bonchev–Trinajstić information content (AvgIpc) is 3.43. The summed E-state index contributed by atoms with van der Waals surface area (Å²) in [6.07, 6.45) is 4.43. The monoisotopic (exact) mass is 484 g/mol. The summed E-state index contributed by atoms with van der Waals surface area (Å²) >= 11 is 1.72. The standard InChI is InChI=1S/C25H36N6O2S/c1-6-13-31(14-12-20-10-9-11-21(17-20)22(7-2)29-33-8-3)15-16-34-25-28-27-24(30(25)5)23-19(4)26-18-32-23/h9-11,17-18H,6-8,12-16H2,1-5H3/b29-22+. The van der Waals surface area contributed by atoms with Gasteiger partial charge in [0.15, 0.2) is 17.3 Å². The molecule has 2 aromatic heterocycles. The molecule has 0 saturated heterocycles. The van der Waals surface area contributed by atoms with Crippen LogP contribution in [-0.4, -0.2) is 62.4 Å². The van der Waals surface area contributed by atoms with Gasteiger partial charge in [-0.1, -0.05) is 49.0 Å². The van der Waals surface area contributed by atoms with E-state index in [4.69, 9.17) is 9.25 Å². The van der Waals surface area contributed by atoms with Crippen LogP contribution in [0.4, 0.5) is 0 Å². The van der Waals surface area contributed by atoms with Crippen molar-refractivity contribution < 1.29 is 9.25 Å². The molecule has 0 bridgehead atoms. The average molecular weight is 485 g/mol. The first kappa shape index (κ1) is 26.0. The van der Waals surface area contributed by atoms with E-state index in [2.05, 4.69) is 63.3 Å². The number of nitrogens with zero attached hydrogens (tertiary/aromatic N) is 6. The number of aryl methyl sites for hydroxylation is 1. The Balaban J connectivity index is 1.55. The van der Waals surface area contributed by atoms with Crippen LogP contribution in [0.2, 0.25) is 0 Å². The molecule has 184 valence electrons. The van der Waals surface area contributed by atoms with Gasteiger partial charge in [-0.05, 0) is 56.8 Å². The van der Waals surface area contributed by atoms with Crippen LogP contribution in [-0.2, 0) is 18.3 Å². The number of rotatable bonds is 14. The van der Waals surface area contributed by atoms with Gasteiger partial charge in [0.25, 0.3) is 0 Å². The minimum atomic E-state index is 0.586. The zero-order chi connectivity index (χ0) is 24.3. The molecule has 0 amide bonds. The first-order chi connectivity index (χ1) is 16.6. The molecule has 0 radical (unpaired) electrons. The molecule has 0 fully saturated rings. The summed E-state index contributed by atoms with van der Waals surface area (Å²) in [4.78, 5) is 12.0. The smallest absolute Gasteiger partial charge is 0.202 e. The third-order valence-corrected chi connectivity index (χ3v) is 6.58. The Morgan fingerprint density at radius 1 is 1.18 bits per heavy atom. The maximum absolute atomic E-state index is 5.48. The molecule has 2 heterocycles. The van der Waals surface area contributed by atoms with Crippen molar-refractivity contribution in [1.82, 2.24) is 24.6 Å². The Morgan fingerprint density at radius 3 is 2.74 bits per heavy atom. The second kappa shape index (κ2) is 13.3. The molecule has 0 saturated carbocycles. The van der Waals surface area contributed by atoms with Gasteiger partial charge in [-0.3, -0.25) is 0 Å². The SMILES string of the molecule is CCCN(CCSc1nnc(-c2ocnc2C)n1C)CCc1cccc(/C(CC)=N/OCC)c1. The highest BCUT2D eigenvalue weighted by atomic mass is 32.2. The Bertz CT molecular complexity index is 1060. The molecule has 34 heavy (non-hydrogen) atoms. The van der Waals surface area contributed by atoms with E-state index >= 15 is 0 Å². The lowest BCUT2D eigenvalue weighted by atomic mass is 10.0. The summed E-state index contributed by atoms with van der Waals surface area (Å²) in [6, 6.07) is 8.67. The fraction of sp³-hybridized carbons (Fsp3) is 0.520. The van der Waals surface area contributed by atoms with Crippen LogP contribution in [0.5, 0.6) is 0 Å². The van der Waals surface area contributed by atoms with E-state index in [0.29, 0.717) is 18.2 Å². The summed E-state index contributed by atoms with van der Waals surface area (Å²) in [6.45, 7) is 11.9. The van der Waals surface area contributed by atoms with E-state index in [9.17, 15) is 0 Å². The molecule has 3 aromatic rings. The Labute approximate surface area is 206 Å². The van der Waals surface area contributed by atoms with Crippen molar-refractivity contribution in [2.45, 2.75) is 52.1 Å². The highest BCUT2D eigenvalue weighted by Crippen LogP contribution is 2.24. The van der Waals surface area contributed by atoms with E-state index in [1.165, 1.54) is 12.0 Å². The lowest BCUT2D eigenvalue weighted by molar-refractivity contribution is 0.158. The molecular formula is C25H36N6O2S. The predicted molar refractivity (Wildman–Crippen MR) is 137 cm³/mol. The van der Waals surface area contributed by atoms with Crippen molar-refractivity contribution in [3.8, 4) is 11.6 Å². The number of hydrogen-bond acceptors (Lipinski definition) is 8. The molecule has 0 unspecified atom stereocenters. The minimum absolute atomic E-state index is 0.586. The van der Waals surface area contributed by atoms with Crippen molar-refractivity contribution in [1.29, 1.82) is 0 Å². The molecule has 3 rings (SSSR count). The topological polar surface area (TPSA) is 81.6 Å². The van der Waals surface area contributed by atoms with Crippen molar-refractivity contribution in [2.24, 2.45) is 12.2 Å². The highest BCUT2D eigenvalue weighted by Gasteiger charge is 2.17. The van der Waals surface area contributed by atoms with E-state index in [1.807, 2.05) is 25.5 Å². The molecule has 0 aliphatic heterocycles. The maximum Gasteiger partial charge on any atom is 0.202 e. The van der Waals surface area contributed by atoms with E-state index in [-0.39, 0.29) is 0 Å². The Hall–Kier alpha value is -2.65. The van der Waals surface area contributed by atoms with Gasteiger partial charge in [0.2, 0.25) is 5.82 Å². The number of thioether (sulfide) groups is 1. The molecule has 1 aromatic carbocycles. The quantitative estimate of drug-likeness (QED) is 0.181. The van der Waals surface area contributed by atoms with Crippen LogP contribution >= 0.6 is 11.8 Å². The third kappa shape index (κ3) is 6.93. The molecule has 9 heteroatoms. The van der Waals surface area contributed by atoms with Gasteiger partial charge in [0, 0.05) is 25.9 Å². The van der Waals surface area contributed by atoms with Crippen LogP contribution in [0, 0.1) is 6.92 Å². The normalized spacial score (nSPS) is 12.0. The van der Waals surface area contributed by atoms with Crippen LogP contribution in [0.3, 0.4) is 0 Å². The second-order valence-corrected chi connectivity index (χ2v) is 9.14. The highest BCUT2D eigenvalue weighted by molar-refractivity contribution is 7.99. The zero-order valence-corrected chi connectivity index (χ0v) is 21.8. The molecule has 8 nitrogen and oxygen atoms in total. The molecular weight excluding hydrogens is 448 g/mol. The predicted octanol–water partition coefficient (Wildman–Crippen LogP) is 4.98. The van der Waals surface area contributed by atoms with Gasteiger partial charge in [0.1, 0.15) is 6.61 Å². The Morgan fingerprint density at radius 2 is 2.03 bits per heavy atom. The first-order valence-electron chi connectivity index (χ1n) is 12.0. The van der Waals surface area contributed by atoms with E-state index < -0.39 is 0 Å². The summed E-state index contributed by atoms with van der Waals surface area (Å²) < 4.78 is 7.45. The zero-order valence-electron chi connectivity index (χ0n) is 21.0. The minimum Gasteiger partial charge on any atom is -0.440 e. The molecule has 0 spiro atoms. The number of benzene rings is 1. The third-order valence-electron chi connectivity index (χ3n) is 5.58. The molecule has 0 aliphatic rings. The lowest BCUT2D eigenvalue weighted by Gasteiger charge is -2.21. The molecule has 0 atom stereocenters. The second-order valence-electron chi connectivity index (χ2n) is 8.08. The summed E-state index contributed by atoms with van der Waals surface area (Å²) in [7, 11) is 1.97. The van der Waals surface area contributed by atoms with Crippen LogP contribution < -0.4 is 0 Å². The van der Waals surface area contributed by atoms with Crippen LogP contribution in [0.15, 0.2) is 45.4 Å². The molecule has 0 aliphatic carbocycles. The molecule has 0 N–H and O–H groups in total. The fourth-order valence-electron chi connectivity index (χ4n) is 3.73. The van der Waals surface area contributed by atoms with Crippen molar-refractivity contribution >= 4 is 17.5 Å².